The van der Waals surface area contributed by atoms with Crippen LogP contribution in [0.15, 0.2) is 146 Å². The van der Waals surface area contributed by atoms with Crippen molar-refractivity contribution in [2.45, 2.75) is 57.8 Å². The molecule has 0 radical (unpaired) electrons. The lowest BCUT2D eigenvalue weighted by molar-refractivity contribution is 0.660. The van der Waals surface area contributed by atoms with Gasteiger partial charge in [0.2, 0.25) is 0 Å². The summed E-state index contributed by atoms with van der Waals surface area (Å²) in [5.74, 6) is 0. The lowest BCUT2D eigenvalue weighted by Gasteiger charge is -2.22. The number of rotatable bonds is 3. The van der Waals surface area contributed by atoms with Gasteiger partial charge in [-0.3, -0.25) is 0 Å². The lowest BCUT2D eigenvalue weighted by atomic mass is 9.81. The Morgan fingerprint density at radius 1 is 0.235 bits per heavy atom. The molecule has 10 rings (SSSR count). The molecule has 0 heteroatoms. The van der Waals surface area contributed by atoms with Gasteiger partial charge in [-0.1, -0.05) is 151 Å². The van der Waals surface area contributed by atoms with Gasteiger partial charge >= 0.3 is 0 Å². The van der Waals surface area contributed by atoms with Gasteiger partial charge < -0.3 is 0 Å². The van der Waals surface area contributed by atoms with Gasteiger partial charge in [0.25, 0.3) is 0 Å². The van der Waals surface area contributed by atoms with E-state index in [1.165, 1.54) is 100 Å². The molecule has 51 heavy (non-hydrogen) atoms. The summed E-state index contributed by atoms with van der Waals surface area (Å²) < 4.78 is 0. The van der Waals surface area contributed by atoms with Crippen molar-refractivity contribution < 1.29 is 0 Å². The van der Waals surface area contributed by atoms with E-state index in [-0.39, 0.29) is 16.2 Å². The molecule has 246 valence electrons. The molecular formula is C51H42. The Bertz CT molecular complexity index is 2480. The van der Waals surface area contributed by atoms with Gasteiger partial charge in [0.05, 0.1) is 0 Å². The third-order valence-corrected chi connectivity index (χ3v) is 12.7. The molecule has 0 amide bonds. The number of hydrogen-bond donors (Lipinski definition) is 0. The molecule has 0 fully saturated rings. The SMILES string of the molecule is CC1(C)c2ccccc2-c2cc(-c3cc(-c4ccc5c(c4)-c4ccccc4C5(C)C)cc(-c4ccc5c(c4)C(C)(C)c4ccccc4-5)c3)ccc21. The normalized spacial score (nSPS) is 16.1. The molecule has 0 aromatic heterocycles. The van der Waals surface area contributed by atoms with Crippen molar-refractivity contribution >= 4 is 0 Å². The van der Waals surface area contributed by atoms with Crippen LogP contribution in [-0.4, -0.2) is 0 Å². The first-order chi connectivity index (χ1) is 24.5. The van der Waals surface area contributed by atoms with E-state index in [9.17, 15) is 0 Å². The fourth-order valence-electron chi connectivity index (χ4n) is 9.81. The number of hydrogen-bond acceptors (Lipinski definition) is 0. The summed E-state index contributed by atoms with van der Waals surface area (Å²) in [5.41, 5.74) is 24.0. The quantitative estimate of drug-likeness (QED) is 0.178. The molecule has 0 N–H and O–H groups in total. The highest BCUT2D eigenvalue weighted by Gasteiger charge is 2.37. The predicted molar refractivity (Wildman–Crippen MR) is 215 cm³/mol. The summed E-state index contributed by atoms with van der Waals surface area (Å²) >= 11 is 0. The predicted octanol–water partition coefficient (Wildman–Crippen LogP) is 13.6. The summed E-state index contributed by atoms with van der Waals surface area (Å²) in [4.78, 5) is 0. The minimum atomic E-state index is -0.0528. The molecule has 7 aromatic rings. The van der Waals surface area contributed by atoms with Gasteiger partial charge in [-0.25, -0.2) is 0 Å². The lowest BCUT2D eigenvalue weighted by Crippen LogP contribution is -2.14. The molecule has 3 aliphatic rings. The summed E-state index contributed by atoms with van der Waals surface area (Å²) in [7, 11) is 0. The van der Waals surface area contributed by atoms with Gasteiger partial charge in [0.1, 0.15) is 0 Å². The van der Waals surface area contributed by atoms with E-state index in [0.717, 1.165) is 0 Å². The second kappa shape index (κ2) is 10.3. The van der Waals surface area contributed by atoms with Gasteiger partial charge in [-0.15, -0.1) is 0 Å². The van der Waals surface area contributed by atoms with E-state index in [4.69, 9.17) is 0 Å². The molecule has 0 unspecified atom stereocenters. The standard InChI is InChI=1S/C51H42/c1-49(2)44-17-11-8-14-38(44)41-28-31(20-23-46(41)49)34-25-35(32-21-24-47-42(29-32)39-15-9-12-18-45(39)50(47,3)4)27-36(26-34)33-19-22-40-37-13-7-10-16-43(37)51(5,6)48(40)30-33/h7-30H,1-6H3. The van der Waals surface area contributed by atoms with Crippen LogP contribution >= 0.6 is 0 Å². The zero-order chi connectivity index (χ0) is 34.9. The fraction of sp³-hybridized carbons (Fsp3) is 0.176. The number of fused-ring (bicyclic) bond motifs is 9. The van der Waals surface area contributed by atoms with E-state index >= 15 is 0 Å². The van der Waals surface area contributed by atoms with Gasteiger partial charge in [0, 0.05) is 16.2 Å². The average molecular weight is 655 g/mol. The summed E-state index contributed by atoms with van der Waals surface area (Å²) in [6.45, 7) is 14.2. The Kier molecular flexibility index (Phi) is 6.13. The van der Waals surface area contributed by atoms with Crippen molar-refractivity contribution in [3.8, 4) is 66.8 Å². The number of benzene rings is 7. The third-order valence-electron chi connectivity index (χ3n) is 12.7. The van der Waals surface area contributed by atoms with E-state index in [1.54, 1.807) is 0 Å². The zero-order valence-corrected chi connectivity index (χ0v) is 30.4. The Morgan fingerprint density at radius 3 is 1.00 bits per heavy atom. The molecule has 7 aromatic carbocycles. The van der Waals surface area contributed by atoms with E-state index in [0.29, 0.717) is 0 Å². The van der Waals surface area contributed by atoms with Crippen LogP contribution in [0.4, 0.5) is 0 Å². The van der Waals surface area contributed by atoms with Crippen LogP contribution in [0.25, 0.3) is 66.8 Å². The molecule has 0 aliphatic heterocycles. The second-order valence-corrected chi connectivity index (χ2v) is 16.6. The Hall–Kier alpha value is -5.46. The van der Waals surface area contributed by atoms with Crippen molar-refractivity contribution in [2.75, 3.05) is 0 Å². The van der Waals surface area contributed by atoms with E-state index < -0.39 is 0 Å². The Balaban J connectivity index is 1.17. The maximum absolute atomic E-state index is 2.46. The molecule has 0 saturated heterocycles. The highest BCUT2D eigenvalue weighted by molar-refractivity contribution is 5.90. The van der Waals surface area contributed by atoms with Gasteiger partial charge in [-0.2, -0.15) is 0 Å². The Labute approximate surface area is 302 Å². The zero-order valence-electron chi connectivity index (χ0n) is 30.4. The second-order valence-electron chi connectivity index (χ2n) is 16.6. The van der Waals surface area contributed by atoms with Crippen LogP contribution < -0.4 is 0 Å². The molecule has 0 nitrogen and oxygen atoms in total. The summed E-state index contributed by atoms with van der Waals surface area (Å²) in [6, 6.07) is 55.5. The highest BCUT2D eigenvalue weighted by Crippen LogP contribution is 2.53. The highest BCUT2D eigenvalue weighted by atomic mass is 14.4. The maximum atomic E-state index is 2.46. The first-order valence-corrected chi connectivity index (χ1v) is 18.4. The molecular weight excluding hydrogens is 613 g/mol. The van der Waals surface area contributed by atoms with Crippen molar-refractivity contribution in [1.29, 1.82) is 0 Å². The van der Waals surface area contributed by atoms with Crippen molar-refractivity contribution in [3.05, 3.63) is 179 Å². The van der Waals surface area contributed by atoms with Crippen LogP contribution in [0.1, 0.15) is 74.9 Å². The van der Waals surface area contributed by atoms with E-state index in [2.05, 4.69) is 187 Å². The minimum Gasteiger partial charge on any atom is -0.0619 e. The molecule has 0 spiro atoms. The largest absolute Gasteiger partial charge is 0.0619 e. The average Bonchev–Trinajstić information content (AvgIpc) is 3.64. The summed E-state index contributed by atoms with van der Waals surface area (Å²) in [5, 5.41) is 0. The first kappa shape index (κ1) is 30.4. The molecule has 0 bridgehead atoms. The minimum absolute atomic E-state index is 0.0131. The Morgan fingerprint density at radius 2 is 0.549 bits per heavy atom. The third kappa shape index (κ3) is 4.20. The van der Waals surface area contributed by atoms with Crippen LogP contribution in [-0.2, 0) is 16.2 Å². The fourth-order valence-corrected chi connectivity index (χ4v) is 9.81. The molecule has 3 aliphatic carbocycles. The molecule has 0 saturated carbocycles. The van der Waals surface area contributed by atoms with Gasteiger partial charge in [-0.05, 0) is 137 Å². The van der Waals surface area contributed by atoms with Gasteiger partial charge in [0.15, 0.2) is 0 Å². The van der Waals surface area contributed by atoms with Crippen LogP contribution in [0.3, 0.4) is 0 Å². The van der Waals surface area contributed by atoms with E-state index in [1.807, 2.05) is 0 Å². The topological polar surface area (TPSA) is 0 Å². The maximum Gasteiger partial charge on any atom is 0.0159 e. The van der Waals surface area contributed by atoms with Crippen LogP contribution in [0.2, 0.25) is 0 Å². The van der Waals surface area contributed by atoms with Crippen molar-refractivity contribution in [2.24, 2.45) is 0 Å². The van der Waals surface area contributed by atoms with Crippen molar-refractivity contribution in [3.63, 3.8) is 0 Å². The summed E-state index contributed by atoms with van der Waals surface area (Å²) in [6.07, 6.45) is 0. The van der Waals surface area contributed by atoms with Crippen LogP contribution in [0.5, 0.6) is 0 Å². The van der Waals surface area contributed by atoms with Crippen LogP contribution in [0, 0.1) is 0 Å². The smallest absolute Gasteiger partial charge is 0.0159 e. The monoisotopic (exact) mass is 654 g/mol. The van der Waals surface area contributed by atoms with Crippen molar-refractivity contribution in [1.82, 2.24) is 0 Å². The first-order valence-electron chi connectivity index (χ1n) is 18.4. The molecule has 0 atom stereocenters. The molecule has 0 heterocycles.